The third-order valence-corrected chi connectivity index (χ3v) is 6.02. The lowest BCUT2D eigenvalue weighted by molar-refractivity contribution is -0.137. The van der Waals surface area contributed by atoms with Crippen LogP contribution in [-0.2, 0) is 6.18 Å². The van der Waals surface area contributed by atoms with Crippen LogP contribution in [0.25, 0.3) is 11.4 Å². The maximum absolute atomic E-state index is 13.0. The molecule has 4 aromatic heterocycles. The number of halogens is 4. The first-order chi connectivity index (χ1) is 16.6. The zero-order chi connectivity index (χ0) is 25.2. The quantitative estimate of drug-likeness (QED) is 0.346. The van der Waals surface area contributed by atoms with Crippen LogP contribution in [0.5, 0.6) is 0 Å². The summed E-state index contributed by atoms with van der Waals surface area (Å²) in [4.78, 5) is 41.1. The molecule has 0 aromatic carbocycles. The standard InChI is InChI=1S/C20H14ClF3N8O2S/c1-9(30-17(33)14-5-13(27-8-28-14)12-2-3-29-32-12)19-26-7-15(35-19)18(34)31-16-4-10(20(22,23)24)11(21)6-25-16/h2-9H,1H3,(H,29,32)(H,30,33)(H,25,31,34). The fraction of sp³-hybridized carbons (Fsp3) is 0.150. The maximum atomic E-state index is 13.0. The maximum Gasteiger partial charge on any atom is 0.418 e. The lowest BCUT2D eigenvalue weighted by Gasteiger charge is -2.11. The highest BCUT2D eigenvalue weighted by Crippen LogP contribution is 2.35. The Hall–Kier alpha value is -3.91. The van der Waals surface area contributed by atoms with E-state index in [0.29, 0.717) is 22.5 Å². The second-order valence-corrected chi connectivity index (χ2v) is 8.49. The van der Waals surface area contributed by atoms with Crippen molar-refractivity contribution in [2.45, 2.75) is 19.1 Å². The number of carbonyl (C=O) groups excluding carboxylic acids is 2. The molecule has 0 saturated carbocycles. The number of anilines is 1. The summed E-state index contributed by atoms with van der Waals surface area (Å²) in [5, 5.41) is 11.4. The van der Waals surface area contributed by atoms with Gasteiger partial charge in [0.25, 0.3) is 11.8 Å². The van der Waals surface area contributed by atoms with Crippen molar-refractivity contribution in [1.82, 2.24) is 35.5 Å². The van der Waals surface area contributed by atoms with Crippen molar-refractivity contribution in [2.24, 2.45) is 0 Å². The van der Waals surface area contributed by atoms with Gasteiger partial charge in [0.2, 0.25) is 0 Å². The summed E-state index contributed by atoms with van der Waals surface area (Å²) in [7, 11) is 0. The number of aromatic nitrogens is 6. The third kappa shape index (κ3) is 5.60. The first kappa shape index (κ1) is 24.2. The summed E-state index contributed by atoms with van der Waals surface area (Å²) in [6.07, 6.45) is 0.151. The van der Waals surface area contributed by atoms with Gasteiger partial charge in [-0.05, 0) is 25.1 Å². The van der Waals surface area contributed by atoms with Gasteiger partial charge in [0.1, 0.15) is 27.7 Å². The van der Waals surface area contributed by atoms with Gasteiger partial charge in [0.15, 0.2) is 0 Å². The minimum absolute atomic E-state index is 0.106. The molecule has 0 aliphatic heterocycles. The second-order valence-electron chi connectivity index (χ2n) is 7.02. The van der Waals surface area contributed by atoms with E-state index in [-0.39, 0.29) is 16.4 Å². The molecule has 0 aliphatic rings. The average Bonchev–Trinajstić information content (AvgIpc) is 3.52. The van der Waals surface area contributed by atoms with E-state index in [1.165, 1.54) is 18.6 Å². The second kappa shape index (κ2) is 9.76. The Morgan fingerprint density at radius 1 is 1.11 bits per heavy atom. The van der Waals surface area contributed by atoms with E-state index in [0.717, 1.165) is 17.5 Å². The predicted molar refractivity (Wildman–Crippen MR) is 120 cm³/mol. The number of aromatic amines is 1. The number of carbonyl (C=O) groups is 2. The summed E-state index contributed by atoms with van der Waals surface area (Å²) in [6.45, 7) is 1.66. The molecule has 4 heterocycles. The highest BCUT2D eigenvalue weighted by atomic mass is 35.5. The molecule has 0 spiro atoms. The van der Waals surface area contributed by atoms with Crippen molar-refractivity contribution < 1.29 is 22.8 Å². The van der Waals surface area contributed by atoms with Crippen LogP contribution in [0.1, 0.15) is 43.7 Å². The summed E-state index contributed by atoms with van der Waals surface area (Å²) < 4.78 is 39.1. The Bertz CT molecular complexity index is 1380. The van der Waals surface area contributed by atoms with Crippen LogP contribution in [0.4, 0.5) is 19.0 Å². The fourth-order valence-electron chi connectivity index (χ4n) is 2.85. The molecule has 0 fully saturated rings. The van der Waals surface area contributed by atoms with Gasteiger partial charge in [-0.15, -0.1) is 11.3 Å². The number of rotatable bonds is 6. The summed E-state index contributed by atoms with van der Waals surface area (Å²) in [5.74, 6) is -1.53. The van der Waals surface area contributed by atoms with E-state index in [1.807, 2.05) is 0 Å². The number of hydrogen-bond donors (Lipinski definition) is 3. The van der Waals surface area contributed by atoms with Gasteiger partial charge in [-0.2, -0.15) is 18.3 Å². The normalized spacial score (nSPS) is 12.3. The van der Waals surface area contributed by atoms with Crippen molar-refractivity contribution in [2.75, 3.05) is 5.32 Å². The van der Waals surface area contributed by atoms with Crippen LogP contribution in [0, 0.1) is 0 Å². The van der Waals surface area contributed by atoms with E-state index in [1.54, 1.807) is 19.2 Å². The molecular weight excluding hydrogens is 509 g/mol. The lowest BCUT2D eigenvalue weighted by atomic mass is 10.2. The van der Waals surface area contributed by atoms with Crippen LogP contribution in [-0.4, -0.2) is 41.9 Å². The molecule has 0 bridgehead atoms. The Labute approximate surface area is 204 Å². The van der Waals surface area contributed by atoms with Crippen molar-refractivity contribution in [3.05, 3.63) is 69.3 Å². The van der Waals surface area contributed by atoms with Crippen molar-refractivity contribution in [1.29, 1.82) is 0 Å². The molecule has 10 nitrogen and oxygen atoms in total. The Balaban J connectivity index is 1.42. The number of amides is 2. The number of nitrogens with zero attached hydrogens (tertiary/aromatic N) is 5. The smallest absolute Gasteiger partial charge is 0.342 e. The molecule has 0 radical (unpaired) electrons. The van der Waals surface area contributed by atoms with E-state index >= 15 is 0 Å². The monoisotopic (exact) mass is 522 g/mol. The number of nitrogens with one attached hydrogen (secondary N) is 3. The SMILES string of the molecule is CC(NC(=O)c1cc(-c2ccn[nH]2)ncn1)c1ncc(C(=O)Nc2cc(C(F)(F)F)c(Cl)cn2)s1. The van der Waals surface area contributed by atoms with Crippen LogP contribution in [0.3, 0.4) is 0 Å². The Kier molecular flexibility index (Phi) is 6.75. The zero-order valence-corrected chi connectivity index (χ0v) is 19.2. The van der Waals surface area contributed by atoms with Crippen LogP contribution in [0.2, 0.25) is 5.02 Å². The summed E-state index contributed by atoms with van der Waals surface area (Å²) in [5.41, 5.74) is 0.0852. The molecule has 1 atom stereocenters. The molecule has 3 N–H and O–H groups in total. The number of thiazole rings is 1. The molecule has 15 heteroatoms. The van der Waals surface area contributed by atoms with Gasteiger partial charge < -0.3 is 10.6 Å². The Morgan fingerprint density at radius 3 is 2.63 bits per heavy atom. The van der Waals surface area contributed by atoms with Crippen LogP contribution >= 0.6 is 22.9 Å². The summed E-state index contributed by atoms with van der Waals surface area (Å²) in [6, 6.07) is 3.23. The number of H-pyrrole nitrogens is 1. The van der Waals surface area contributed by atoms with Crippen molar-refractivity contribution >= 4 is 40.6 Å². The highest BCUT2D eigenvalue weighted by Gasteiger charge is 2.34. The van der Waals surface area contributed by atoms with E-state index in [9.17, 15) is 22.8 Å². The highest BCUT2D eigenvalue weighted by molar-refractivity contribution is 7.13. The van der Waals surface area contributed by atoms with Gasteiger partial charge in [-0.1, -0.05) is 11.6 Å². The molecule has 0 saturated heterocycles. The van der Waals surface area contributed by atoms with Crippen LogP contribution in [0.15, 0.2) is 43.1 Å². The largest absolute Gasteiger partial charge is 0.418 e. The lowest BCUT2D eigenvalue weighted by Crippen LogP contribution is -2.27. The molecular formula is C20H14ClF3N8O2S. The minimum Gasteiger partial charge on any atom is -0.342 e. The molecule has 2 amide bonds. The fourth-order valence-corrected chi connectivity index (χ4v) is 3.88. The summed E-state index contributed by atoms with van der Waals surface area (Å²) >= 11 is 6.50. The van der Waals surface area contributed by atoms with E-state index in [4.69, 9.17) is 11.6 Å². The molecule has 35 heavy (non-hydrogen) atoms. The van der Waals surface area contributed by atoms with Gasteiger partial charge in [0, 0.05) is 12.4 Å². The van der Waals surface area contributed by atoms with Gasteiger partial charge in [-0.25, -0.2) is 19.9 Å². The molecule has 180 valence electrons. The molecule has 1 unspecified atom stereocenters. The van der Waals surface area contributed by atoms with E-state index < -0.39 is 34.6 Å². The van der Waals surface area contributed by atoms with Gasteiger partial charge in [0.05, 0.1) is 34.2 Å². The Morgan fingerprint density at radius 2 is 1.91 bits per heavy atom. The minimum atomic E-state index is -4.70. The van der Waals surface area contributed by atoms with Crippen molar-refractivity contribution in [3.63, 3.8) is 0 Å². The molecule has 4 rings (SSSR count). The molecule has 0 aliphatic carbocycles. The van der Waals surface area contributed by atoms with Gasteiger partial charge >= 0.3 is 6.18 Å². The average molecular weight is 523 g/mol. The number of pyridine rings is 1. The number of alkyl halides is 3. The predicted octanol–water partition coefficient (Wildman–Crippen LogP) is 4.13. The van der Waals surface area contributed by atoms with E-state index in [2.05, 4.69) is 40.8 Å². The van der Waals surface area contributed by atoms with Crippen molar-refractivity contribution in [3.8, 4) is 11.4 Å². The topological polar surface area (TPSA) is 138 Å². The first-order valence-corrected chi connectivity index (χ1v) is 10.9. The first-order valence-electron chi connectivity index (χ1n) is 9.74. The number of hydrogen-bond acceptors (Lipinski definition) is 8. The van der Waals surface area contributed by atoms with Gasteiger partial charge in [-0.3, -0.25) is 14.7 Å². The third-order valence-electron chi connectivity index (χ3n) is 4.54. The molecule has 4 aromatic rings. The van der Waals surface area contributed by atoms with Crippen LogP contribution < -0.4 is 10.6 Å². The zero-order valence-electron chi connectivity index (χ0n) is 17.6.